The normalized spacial score (nSPS) is 16.0. The second-order valence-corrected chi connectivity index (χ2v) is 16.4. The topological polar surface area (TPSA) is 47.9 Å². The van der Waals surface area contributed by atoms with Crippen LogP contribution in [0.2, 0.25) is 0 Å². The smallest absolute Gasteiger partial charge is 0.200 e. The summed E-state index contributed by atoms with van der Waals surface area (Å²) in [5, 5.41) is 8.34. The standard InChI is InChI=1S/C43H54O3.C9H16O.C3H8.2C2H6/c1-4-6-9-15-34-22-24-35(25-23-34)32-42(46-39-28-26-36(27-29-39)33(3)5-2)44-30-31-45-43-40(37-16-10-7-11-17-37)20-14-21-41(43)38-18-12-8-13-19-38;1-4-8(2)9(3)6-5-7-10;1-3-2;2*1-2/h7-8,10-14,16-21,26-29,33-35,42H,4-6,9,15,22-25,30-32H2,1-3H3;5-8,10H,4H2,1-3H3;3H2,1-2H3;2*1-2H3/b;7-5+,9-6+;;;. The van der Waals surface area contributed by atoms with Gasteiger partial charge in [-0.2, -0.15) is 0 Å². The van der Waals surface area contributed by atoms with Crippen LogP contribution in [-0.4, -0.2) is 24.6 Å². The van der Waals surface area contributed by atoms with Crippen LogP contribution in [0.3, 0.4) is 0 Å². The van der Waals surface area contributed by atoms with Gasteiger partial charge in [0.1, 0.15) is 18.1 Å². The highest BCUT2D eigenvalue weighted by molar-refractivity contribution is 5.82. The first kappa shape index (κ1) is 56.7. The van der Waals surface area contributed by atoms with Gasteiger partial charge in [0.05, 0.1) is 12.9 Å². The molecule has 0 aliphatic heterocycles. The number of aliphatic hydroxyl groups is 1. The quantitative estimate of drug-likeness (QED) is 0.0416. The van der Waals surface area contributed by atoms with E-state index in [1.165, 1.54) is 68.9 Å². The van der Waals surface area contributed by atoms with Crippen molar-refractivity contribution in [3.8, 4) is 33.8 Å². The van der Waals surface area contributed by atoms with E-state index < -0.39 is 0 Å². The molecule has 3 atom stereocenters. The summed E-state index contributed by atoms with van der Waals surface area (Å²) in [5.41, 5.74) is 7.13. The van der Waals surface area contributed by atoms with E-state index in [-0.39, 0.29) is 6.29 Å². The fourth-order valence-corrected chi connectivity index (χ4v) is 7.51. The number of rotatable bonds is 20. The molecule has 1 aliphatic rings. The van der Waals surface area contributed by atoms with E-state index in [4.69, 9.17) is 19.3 Å². The summed E-state index contributed by atoms with van der Waals surface area (Å²) in [6, 6.07) is 36.0. The Kier molecular flexibility index (Phi) is 32.5. The molecule has 4 heteroatoms. The molecule has 63 heavy (non-hydrogen) atoms. The third-order valence-electron chi connectivity index (χ3n) is 11.7. The Bertz CT molecular complexity index is 1650. The third kappa shape index (κ3) is 22.3. The highest BCUT2D eigenvalue weighted by Gasteiger charge is 2.25. The van der Waals surface area contributed by atoms with Gasteiger partial charge in [-0.15, -0.1) is 0 Å². The molecule has 4 aromatic carbocycles. The zero-order chi connectivity index (χ0) is 46.7. The van der Waals surface area contributed by atoms with Gasteiger partial charge < -0.3 is 19.3 Å². The van der Waals surface area contributed by atoms with E-state index in [1.807, 2.05) is 33.8 Å². The lowest BCUT2D eigenvalue weighted by atomic mass is 9.78. The molecular weight excluding hydrogens is 773 g/mol. The number of allylic oxidation sites excluding steroid dienone is 3. The molecule has 0 aromatic heterocycles. The molecule has 5 rings (SSSR count). The van der Waals surface area contributed by atoms with Crippen molar-refractivity contribution in [1.82, 2.24) is 0 Å². The largest absolute Gasteiger partial charge is 0.516 e. The predicted octanol–water partition coefficient (Wildman–Crippen LogP) is 18.6. The van der Waals surface area contributed by atoms with Crippen LogP contribution in [0.4, 0.5) is 0 Å². The Hall–Kier alpha value is -4.28. The van der Waals surface area contributed by atoms with Crippen LogP contribution in [0.25, 0.3) is 22.3 Å². The summed E-state index contributed by atoms with van der Waals surface area (Å²) in [5.74, 6) is 4.47. The van der Waals surface area contributed by atoms with Gasteiger partial charge in [-0.05, 0) is 91.2 Å². The lowest BCUT2D eigenvalue weighted by Gasteiger charge is -2.31. The van der Waals surface area contributed by atoms with Crippen LogP contribution in [0, 0.1) is 17.8 Å². The highest BCUT2D eigenvalue weighted by Crippen LogP contribution is 2.39. The van der Waals surface area contributed by atoms with Gasteiger partial charge in [-0.1, -0.05) is 224 Å². The van der Waals surface area contributed by atoms with E-state index in [9.17, 15) is 0 Å². The van der Waals surface area contributed by atoms with Gasteiger partial charge in [-0.3, -0.25) is 0 Å². The van der Waals surface area contributed by atoms with Crippen molar-refractivity contribution >= 4 is 0 Å². The summed E-state index contributed by atoms with van der Waals surface area (Å²) in [6.07, 6.45) is 19.5. The van der Waals surface area contributed by atoms with Gasteiger partial charge >= 0.3 is 0 Å². The Balaban J connectivity index is 0.00000100. The van der Waals surface area contributed by atoms with Crippen molar-refractivity contribution in [2.24, 2.45) is 17.8 Å². The second kappa shape index (κ2) is 36.1. The first-order chi connectivity index (χ1) is 30.8. The number of para-hydroxylation sites is 1. The van der Waals surface area contributed by atoms with E-state index in [0.717, 1.165) is 65.2 Å². The molecule has 4 aromatic rings. The Labute approximate surface area is 387 Å². The number of benzene rings is 4. The molecule has 0 radical (unpaired) electrons. The molecule has 1 saturated carbocycles. The van der Waals surface area contributed by atoms with E-state index in [1.54, 1.807) is 6.08 Å². The number of unbranched alkanes of at least 4 members (excludes halogenated alkanes) is 2. The minimum atomic E-state index is -0.294. The van der Waals surface area contributed by atoms with Crippen molar-refractivity contribution in [2.45, 2.75) is 172 Å². The van der Waals surface area contributed by atoms with Gasteiger partial charge in [0.2, 0.25) is 0 Å². The van der Waals surface area contributed by atoms with Crippen LogP contribution >= 0.6 is 0 Å². The zero-order valence-corrected chi connectivity index (χ0v) is 42.0. The fraction of sp³-hybridized carbons (Fsp3) is 0.525. The molecule has 1 N–H and O–H groups in total. The number of hydrogen-bond donors (Lipinski definition) is 1. The maximum atomic E-state index is 8.34. The van der Waals surface area contributed by atoms with Crippen molar-refractivity contribution in [3.05, 3.63) is 133 Å². The molecule has 350 valence electrons. The average molecular weight is 863 g/mol. The fourth-order valence-electron chi connectivity index (χ4n) is 7.51. The molecule has 0 heterocycles. The molecule has 0 saturated heterocycles. The lowest BCUT2D eigenvalue weighted by Crippen LogP contribution is -2.28. The molecule has 4 nitrogen and oxygen atoms in total. The third-order valence-corrected chi connectivity index (χ3v) is 11.7. The van der Waals surface area contributed by atoms with Crippen molar-refractivity contribution in [3.63, 3.8) is 0 Å². The summed E-state index contributed by atoms with van der Waals surface area (Å²) in [7, 11) is 0. The van der Waals surface area contributed by atoms with E-state index in [2.05, 4.69) is 159 Å². The van der Waals surface area contributed by atoms with Crippen LogP contribution in [0.15, 0.2) is 127 Å². The molecule has 0 bridgehead atoms. The summed E-state index contributed by atoms with van der Waals surface area (Å²) >= 11 is 0. The Morgan fingerprint density at radius 3 is 1.70 bits per heavy atom. The summed E-state index contributed by atoms with van der Waals surface area (Å²) < 4.78 is 19.7. The van der Waals surface area contributed by atoms with Gasteiger partial charge in [-0.25, -0.2) is 0 Å². The number of ether oxygens (including phenoxy) is 3. The van der Waals surface area contributed by atoms with Crippen LogP contribution in [0.5, 0.6) is 11.5 Å². The zero-order valence-electron chi connectivity index (χ0n) is 42.0. The monoisotopic (exact) mass is 863 g/mol. The molecule has 0 amide bonds. The molecule has 3 unspecified atom stereocenters. The van der Waals surface area contributed by atoms with Crippen molar-refractivity contribution in [2.75, 3.05) is 13.2 Å². The minimum Gasteiger partial charge on any atom is -0.516 e. The second-order valence-electron chi connectivity index (χ2n) is 16.4. The van der Waals surface area contributed by atoms with E-state index in [0.29, 0.717) is 31.0 Å². The van der Waals surface area contributed by atoms with E-state index >= 15 is 0 Å². The first-order valence-electron chi connectivity index (χ1n) is 25.0. The first-order valence-corrected chi connectivity index (χ1v) is 25.0. The van der Waals surface area contributed by atoms with Crippen LogP contribution in [-0.2, 0) is 4.74 Å². The van der Waals surface area contributed by atoms with Gasteiger partial charge in [0.25, 0.3) is 0 Å². The van der Waals surface area contributed by atoms with Gasteiger partial charge in [0, 0.05) is 17.5 Å². The molecule has 1 fully saturated rings. The summed E-state index contributed by atoms with van der Waals surface area (Å²) in [6.45, 7) is 26.4. The van der Waals surface area contributed by atoms with Crippen LogP contribution < -0.4 is 9.47 Å². The molecule has 1 aliphatic carbocycles. The number of hydrogen-bond acceptors (Lipinski definition) is 4. The average Bonchev–Trinajstić information content (AvgIpc) is 3.34. The predicted molar refractivity (Wildman–Crippen MR) is 276 cm³/mol. The number of aliphatic hydroxyl groups excluding tert-OH is 1. The van der Waals surface area contributed by atoms with Crippen LogP contribution in [0.1, 0.15) is 172 Å². The SMILES string of the molecule is CC.CC.CCC.CCC(C)/C(C)=C/C=C/O.CCCCCC1CCC(CC(OCCOc2c(-c3ccccc3)cccc2-c2ccccc2)Oc2ccc(C(C)CC)cc2)CC1. The highest BCUT2D eigenvalue weighted by atomic mass is 16.7. The lowest BCUT2D eigenvalue weighted by molar-refractivity contribution is -0.101. The van der Waals surface area contributed by atoms with Gasteiger partial charge in [0.15, 0.2) is 6.29 Å². The maximum Gasteiger partial charge on any atom is 0.200 e. The summed E-state index contributed by atoms with van der Waals surface area (Å²) in [4.78, 5) is 0. The van der Waals surface area contributed by atoms with Crippen molar-refractivity contribution in [1.29, 1.82) is 0 Å². The molecule has 0 spiro atoms. The Morgan fingerprint density at radius 2 is 1.21 bits per heavy atom. The minimum absolute atomic E-state index is 0.294. The Morgan fingerprint density at radius 1 is 0.667 bits per heavy atom. The van der Waals surface area contributed by atoms with Crippen molar-refractivity contribution < 1.29 is 19.3 Å². The maximum absolute atomic E-state index is 8.34. The molecular formula is C59H90O4.